The number of thiophene rings is 1. The van der Waals surface area contributed by atoms with E-state index >= 15 is 0 Å². The number of hydrogen-bond donors (Lipinski definition) is 5. The minimum atomic E-state index is -1.28. The molecule has 1 aromatic carbocycles. The minimum Gasteiger partial charge on any atom is -0.501 e. The Hall–Kier alpha value is -3.66. The Kier molecular flexibility index (Phi) is 5.18. The fourth-order valence-corrected chi connectivity index (χ4v) is 3.10. The van der Waals surface area contributed by atoms with E-state index in [4.69, 9.17) is 5.11 Å². The van der Waals surface area contributed by atoms with E-state index in [0.29, 0.717) is 4.88 Å². The van der Waals surface area contributed by atoms with Crippen LogP contribution < -0.4 is 16.2 Å². The van der Waals surface area contributed by atoms with Crippen molar-refractivity contribution in [3.8, 4) is 16.5 Å². The van der Waals surface area contributed by atoms with Crippen LogP contribution in [0.1, 0.15) is 16.1 Å². The van der Waals surface area contributed by atoms with Gasteiger partial charge in [-0.15, -0.1) is 11.3 Å². The van der Waals surface area contributed by atoms with Crippen molar-refractivity contribution in [2.24, 2.45) is 0 Å². The Morgan fingerprint density at radius 2 is 1.93 bits per heavy atom. The number of aromatic nitrogens is 2. The van der Waals surface area contributed by atoms with Gasteiger partial charge in [0.05, 0.1) is 10.6 Å². The van der Waals surface area contributed by atoms with Gasteiger partial charge < -0.3 is 20.5 Å². The van der Waals surface area contributed by atoms with E-state index in [1.165, 1.54) is 6.07 Å². The monoisotopic (exact) mass is 386 g/mol. The third-order valence-corrected chi connectivity index (χ3v) is 4.45. The maximum absolute atomic E-state index is 12.4. The second-order valence-corrected chi connectivity index (χ2v) is 6.29. The van der Waals surface area contributed by atoms with E-state index in [1.807, 2.05) is 30.3 Å². The summed E-state index contributed by atoms with van der Waals surface area (Å²) in [5.41, 5.74) is -0.308. The molecule has 0 radical (unpaired) electrons. The van der Waals surface area contributed by atoms with Gasteiger partial charge in [0.15, 0.2) is 11.5 Å². The summed E-state index contributed by atoms with van der Waals surface area (Å²) in [4.78, 5) is 41.9. The summed E-state index contributed by atoms with van der Waals surface area (Å²) in [6, 6.07) is 10.6. The van der Waals surface area contributed by atoms with Gasteiger partial charge in [-0.1, -0.05) is 30.3 Å². The first kappa shape index (κ1) is 18.1. The van der Waals surface area contributed by atoms with Gasteiger partial charge in [0, 0.05) is 6.54 Å². The predicted octanol–water partition coefficient (Wildman–Crippen LogP) is 2.22. The van der Waals surface area contributed by atoms with E-state index in [9.17, 15) is 19.5 Å². The Balaban J connectivity index is 1.90. The van der Waals surface area contributed by atoms with Crippen LogP contribution in [0.25, 0.3) is 10.7 Å². The molecule has 0 aliphatic carbocycles. The lowest BCUT2D eigenvalue weighted by Gasteiger charge is -2.08. The number of nitrogens with zero attached hydrogens (tertiary/aromatic N) is 1. The highest BCUT2D eigenvalue weighted by Gasteiger charge is 2.20. The Bertz CT molecular complexity index is 1040. The Morgan fingerprint density at radius 1 is 1.19 bits per heavy atom. The second-order valence-electron chi connectivity index (χ2n) is 5.37. The number of aromatic amines is 1. The summed E-state index contributed by atoms with van der Waals surface area (Å²) < 4.78 is 0. The van der Waals surface area contributed by atoms with Gasteiger partial charge in [0.2, 0.25) is 5.75 Å². The van der Waals surface area contributed by atoms with Gasteiger partial charge in [0.1, 0.15) is 0 Å². The van der Waals surface area contributed by atoms with Crippen LogP contribution >= 0.6 is 11.3 Å². The Morgan fingerprint density at radius 3 is 2.63 bits per heavy atom. The molecule has 0 aliphatic heterocycles. The fourth-order valence-electron chi connectivity index (χ4n) is 2.30. The average molecular weight is 386 g/mol. The highest BCUT2D eigenvalue weighted by Crippen LogP contribution is 2.31. The number of carbonyl (C=O) groups excluding carboxylic acids is 1. The zero-order valence-corrected chi connectivity index (χ0v) is 14.5. The van der Waals surface area contributed by atoms with Crippen molar-refractivity contribution in [1.82, 2.24) is 15.3 Å². The molecular formula is C17H14N4O5S. The molecule has 2 aromatic heterocycles. The fraction of sp³-hybridized carbons (Fsp3) is 0.0588. The van der Waals surface area contributed by atoms with Crippen molar-refractivity contribution in [2.45, 2.75) is 6.54 Å². The van der Waals surface area contributed by atoms with Crippen molar-refractivity contribution in [3.05, 3.63) is 63.4 Å². The van der Waals surface area contributed by atoms with Crippen LogP contribution in [0.15, 0.2) is 46.6 Å². The van der Waals surface area contributed by atoms with Crippen LogP contribution in [0, 0.1) is 0 Å². The van der Waals surface area contributed by atoms with Crippen LogP contribution in [-0.4, -0.2) is 32.2 Å². The summed E-state index contributed by atoms with van der Waals surface area (Å²) in [6.07, 6.45) is -1.28. The first-order chi connectivity index (χ1) is 13.0. The van der Waals surface area contributed by atoms with E-state index < -0.39 is 29.0 Å². The molecule has 0 aliphatic rings. The zero-order chi connectivity index (χ0) is 19.4. The van der Waals surface area contributed by atoms with Crippen LogP contribution in [0.3, 0.4) is 0 Å². The molecule has 0 unspecified atom stereocenters. The van der Waals surface area contributed by atoms with Gasteiger partial charge in [-0.3, -0.25) is 14.9 Å². The molecule has 138 valence electrons. The second kappa shape index (κ2) is 7.70. The van der Waals surface area contributed by atoms with Crippen LogP contribution in [-0.2, 0) is 6.54 Å². The number of hydrogen-bond acceptors (Lipinski definition) is 6. The van der Waals surface area contributed by atoms with E-state index in [2.05, 4.69) is 20.6 Å². The van der Waals surface area contributed by atoms with Gasteiger partial charge >= 0.3 is 6.09 Å². The topological polar surface area (TPSA) is 144 Å². The number of benzene rings is 1. The SMILES string of the molecule is O=C(O)Nc1ccsc1-c1nc(C(=O)NCc2ccccc2)c(O)c(=O)[nH]1. The number of carboxylic acid groups (broad SMARTS) is 1. The molecule has 10 heteroatoms. The number of amides is 2. The summed E-state index contributed by atoms with van der Waals surface area (Å²) in [5.74, 6) is -1.57. The summed E-state index contributed by atoms with van der Waals surface area (Å²) in [5, 5.41) is 25.2. The molecule has 0 saturated carbocycles. The highest BCUT2D eigenvalue weighted by atomic mass is 32.1. The largest absolute Gasteiger partial charge is 0.501 e. The van der Waals surface area contributed by atoms with Crippen molar-refractivity contribution in [2.75, 3.05) is 5.32 Å². The van der Waals surface area contributed by atoms with Gasteiger partial charge in [-0.25, -0.2) is 9.78 Å². The summed E-state index contributed by atoms with van der Waals surface area (Å²) in [7, 11) is 0. The molecule has 0 atom stereocenters. The lowest BCUT2D eigenvalue weighted by atomic mass is 10.2. The highest BCUT2D eigenvalue weighted by molar-refractivity contribution is 7.14. The third kappa shape index (κ3) is 4.12. The van der Waals surface area contributed by atoms with Crippen LogP contribution in [0.5, 0.6) is 5.75 Å². The number of aromatic hydroxyl groups is 1. The third-order valence-electron chi connectivity index (χ3n) is 3.53. The number of nitrogens with one attached hydrogen (secondary N) is 3. The van der Waals surface area contributed by atoms with Gasteiger partial charge in [0.25, 0.3) is 11.5 Å². The lowest BCUT2D eigenvalue weighted by molar-refractivity contribution is 0.0942. The number of carbonyl (C=O) groups is 2. The molecule has 5 N–H and O–H groups in total. The molecule has 2 amide bonds. The van der Waals surface area contributed by atoms with Crippen molar-refractivity contribution in [1.29, 1.82) is 0 Å². The molecule has 27 heavy (non-hydrogen) atoms. The molecule has 9 nitrogen and oxygen atoms in total. The first-order valence-electron chi connectivity index (χ1n) is 7.69. The maximum Gasteiger partial charge on any atom is 0.409 e. The predicted molar refractivity (Wildman–Crippen MR) is 99.1 cm³/mol. The standard InChI is InChI=1S/C17H14N4O5S/c22-12-11(15(23)18-8-9-4-2-1-3-5-9)20-14(21-16(12)24)13-10(6-7-27-13)19-17(25)26/h1-7,19,22H,8H2,(H,18,23)(H,25,26)(H,20,21,24). The smallest absolute Gasteiger partial charge is 0.409 e. The van der Waals surface area contributed by atoms with Crippen molar-refractivity contribution < 1.29 is 19.8 Å². The molecule has 0 saturated heterocycles. The molecule has 0 bridgehead atoms. The quantitative estimate of drug-likeness (QED) is 0.455. The maximum atomic E-state index is 12.4. The van der Waals surface area contributed by atoms with E-state index in [-0.39, 0.29) is 18.1 Å². The molecule has 3 aromatic rings. The molecular weight excluding hydrogens is 372 g/mol. The van der Waals surface area contributed by atoms with Crippen LogP contribution in [0.4, 0.5) is 10.5 Å². The van der Waals surface area contributed by atoms with Crippen molar-refractivity contribution >= 4 is 29.0 Å². The average Bonchev–Trinajstić information content (AvgIpc) is 3.10. The lowest BCUT2D eigenvalue weighted by Crippen LogP contribution is -2.26. The van der Waals surface area contributed by atoms with Crippen molar-refractivity contribution in [3.63, 3.8) is 0 Å². The zero-order valence-electron chi connectivity index (χ0n) is 13.7. The summed E-state index contributed by atoms with van der Waals surface area (Å²) >= 11 is 1.12. The number of rotatable bonds is 5. The van der Waals surface area contributed by atoms with E-state index in [1.54, 1.807) is 5.38 Å². The normalized spacial score (nSPS) is 10.4. The molecule has 0 fully saturated rings. The Labute approximate surface area is 156 Å². The molecule has 2 heterocycles. The van der Waals surface area contributed by atoms with E-state index in [0.717, 1.165) is 16.9 Å². The molecule has 3 rings (SSSR count). The van der Waals surface area contributed by atoms with Gasteiger partial charge in [-0.05, 0) is 17.0 Å². The van der Waals surface area contributed by atoms with Gasteiger partial charge in [-0.2, -0.15) is 0 Å². The molecule has 0 spiro atoms. The number of H-pyrrole nitrogens is 1. The van der Waals surface area contributed by atoms with Crippen LogP contribution in [0.2, 0.25) is 0 Å². The summed E-state index contributed by atoms with van der Waals surface area (Å²) in [6.45, 7) is 0.188. The first-order valence-corrected chi connectivity index (χ1v) is 8.57. The minimum absolute atomic E-state index is 0.0265. The number of anilines is 1.